The van der Waals surface area contributed by atoms with Gasteiger partial charge in [0.15, 0.2) is 0 Å². The van der Waals surface area contributed by atoms with Crippen LogP contribution < -0.4 is 5.09 Å². The fourth-order valence-corrected chi connectivity index (χ4v) is 1.19. The molecule has 0 aliphatic heterocycles. The first-order valence-electron chi connectivity index (χ1n) is 3.39. The van der Waals surface area contributed by atoms with Crippen LogP contribution in [0.1, 0.15) is 0 Å². The van der Waals surface area contributed by atoms with Gasteiger partial charge in [-0.05, 0) is 22.5 Å². The Morgan fingerprint density at radius 2 is 1.46 bits per heavy atom. The zero-order valence-corrected chi connectivity index (χ0v) is 11.8. The summed E-state index contributed by atoms with van der Waals surface area (Å²) in [6.45, 7) is 5.26. The smallest absolute Gasteiger partial charge is 0.250 e. The van der Waals surface area contributed by atoms with Gasteiger partial charge in [0, 0.05) is 32.4 Å². The van der Waals surface area contributed by atoms with Crippen molar-refractivity contribution in [2.24, 2.45) is 0 Å². The summed E-state index contributed by atoms with van der Waals surface area (Å²) in [5.41, 5.74) is 0. The van der Waals surface area contributed by atoms with E-state index in [0.29, 0.717) is 12.4 Å². The average Bonchev–Trinajstić information content (AvgIpc) is 1.77. The van der Waals surface area contributed by atoms with Gasteiger partial charge in [-0.1, -0.05) is 0 Å². The first-order chi connectivity index (χ1) is 5.56. The van der Waals surface area contributed by atoms with Crippen LogP contribution in [0.3, 0.4) is 0 Å². The Hall–Kier alpha value is 1.29. The van der Waals surface area contributed by atoms with Crippen LogP contribution in [0, 0.1) is 0 Å². The molecular formula is C5H14Cl3NO2P2. The van der Waals surface area contributed by atoms with Crippen molar-refractivity contribution in [2.75, 3.05) is 32.4 Å². The highest BCUT2D eigenvalue weighted by atomic mass is 35.9. The highest BCUT2D eigenvalue weighted by Crippen LogP contribution is 2.52. The Labute approximate surface area is 93.9 Å². The fourth-order valence-electron chi connectivity index (χ4n) is 0.312. The van der Waals surface area contributed by atoms with Crippen molar-refractivity contribution >= 4 is 47.2 Å². The maximum atomic E-state index is 10.8. The molecule has 0 heterocycles. The lowest BCUT2D eigenvalue weighted by Crippen LogP contribution is -2.11. The topological polar surface area (TPSA) is 46.2 Å². The minimum absolute atomic E-state index is 0.520. The summed E-state index contributed by atoms with van der Waals surface area (Å²) in [5.74, 6) is -2.17. The number of rotatable bonds is 3. The molecule has 0 bridgehead atoms. The number of alkyl halides is 1. The predicted molar refractivity (Wildman–Crippen MR) is 63.4 cm³/mol. The van der Waals surface area contributed by atoms with Crippen LogP contribution in [0.25, 0.3) is 0 Å². The van der Waals surface area contributed by atoms with E-state index in [1.165, 1.54) is 6.66 Å². The van der Waals surface area contributed by atoms with Gasteiger partial charge in [-0.2, -0.15) is 0 Å². The zero-order valence-electron chi connectivity index (χ0n) is 7.76. The van der Waals surface area contributed by atoms with Crippen LogP contribution >= 0.6 is 47.2 Å². The van der Waals surface area contributed by atoms with E-state index >= 15 is 0 Å². The van der Waals surface area contributed by atoms with E-state index in [0.717, 1.165) is 0 Å². The molecule has 0 fully saturated rings. The van der Waals surface area contributed by atoms with E-state index < -0.39 is 13.1 Å². The first-order valence-corrected chi connectivity index (χ1v) is 10.5. The van der Waals surface area contributed by atoms with E-state index in [9.17, 15) is 9.13 Å². The van der Waals surface area contributed by atoms with Crippen LogP contribution in [0.5, 0.6) is 0 Å². The summed E-state index contributed by atoms with van der Waals surface area (Å²) < 4.78 is 20.5. The molecule has 0 unspecified atom stereocenters. The summed E-state index contributed by atoms with van der Waals surface area (Å²) in [7, 11) is -2.02. The summed E-state index contributed by atoms with van der Waals surface area (Å²) in [5, 5.41) is 2.80. The summed E-state index contributed by atoms with van der Waals surface area (Å²) in [6, 6.07) is 0. The highest BCUT2D eigenvalue weighted by Gasteiger charge is 2.01. The Kier molecular flexibility index (Phi) is 9.72. The van der Waals surface area contributed by atoms with Gasteiger partial charge in [0.25, 0.3) is 0 Å². The lowest BCUT2D eigenvalue weighted by atomic mass is 10.8. The van der Waals surface area contributed by atoms with Crippen molar-refractivity contribution in [3.8, 4) is 0 Å². The molecule has 0 aromatic heterocycles. The highest BCUT2D eigenvalue weighted by molar-refractivity contribution is 8.08. The maximum absolute atomic E-state index is 10.8. The van der Waals surface area contributed by atoms with E-state index in [1.54, 1.807) is 13.3 Å². The van der Waals surface area contributed by atoms with Crippen LogP contribution in [0.2, 0.25) is 0 Å². The average molecular weight is 288 g/mol. The Balaban J connectivity index is 0. The Bertz CT molecular complexity index is 204. The third-order valence-electron chi connectivity index (χ3n) is 0.587. The van der Waals surface area contributed by atoms with Gasteiger partial charge in [-0.25, -0.2) is 0 Å². The molecule has 1 N–H and O–H groups in total. The molecule has 0 amide bonds. The van der Waals surface area contributed by atoms with Crippen molar-refractivity contribution in [2.45, 2.75) is 0 Å². The Morgan fingerprint density at radius 1 is 1.15 bits per heavy atom. The van der Waals surface area contributed by atoms with Gasteiger partial charge in [0.1, 0.15) is 7.29 Å². The molecule has 0 saturated carbocycles. The number of halogens is 3. The first kappa shape index (κ1) is 16.7. The molecule has 0 aromatic rings. The predicted octanol–water partition coefficient (Wildman–Crippen LogP) is 3.64. The fraction of sp³-hybridized carbons (Fsp3) is 1.00. The van der Waals surface area contributed by atoms with Crippen molar-refractivity contribution in [3.05, 3.63) is 0 Å². The van der Waals surface area contributed by atoms with Crippen LogP contribution in [-0.2, 0) is 9.13 Å². The molecule has 0 saturated heterocycles. The lowest BCUT2D eigenvalue weighted by Gasteiger charge is -2.05. The molecule has 3 nitrogen and oxygen atoms in total. The maximum Gasteiger partial charge on any atom is 0.250 e. The third-order valence-corrected chi connectivity index (χ3v) is 1.76. The van der Waals surface area contributed by atoms with Crippen LogP contribution in [0.15, 0.2) is 0 Å². The number of nitrogens with one attached hydrogen (secondary N) is 1. The molecule has 8 heteroatoms. The summed E-state index contributed by atoms with van der Waals surface area (Å²) in [4.78, 5) is 0. The molecule has 0 spiro atoms. The molecular weight excluding hydrogens is 274 g/mol. The second-order valence-electron chi connectivity index (χ2n) is 2.67. The molecule has 0 rings (SSSR count). The summed E-state index contributed by atoms with van der Waals surface area (Å²) >= 11 is 15.0. The van der Waals surface area contributed by atoms with E-state index in [4.69, 9.17) is 34.1 Å². The van der Waals surface area contributed by atoms with Gasteiger partial charge >= 0.3 is 0 Å². The van der Waals surface area contributed by atoms with E-state index in [1.807, 2.05) is 0 Å². The second-order valence-corrected chi connectivity index (χ2v) is 11.9. The number of hydrogen-bond donors (Lipinski definition) is 1. The van der Waals surface area contributed by atoms with Crippen molar-refractivity contribution in [1.82, 2.24) is 5.09 Å². The van der Waals surface area contributed by atoms with Crippen molar-refractivity contribution in [1.29, 1.82) is 0 Å². The minimum atomic E-state index is -2.69. The molecule has 0 atom stereocenters. The Morgan fingerprint density at radius 3 is 1.54 bits per heavy atom. The minimum Gasteiger partial charge on any atom is -0.307 e. The molecule has 0 aliphatic carbocycles. The standard InChI is InChI=1S/C4H11ClNOP.CH3Cl2OP/c1-8(2,7)6-4-3-5;1-5(2,3)4/h3-4H2,1-2H3,(H,6,7);1H3. The van der Waals surface area contributed by atoms with Crippen LogP contribution in [-0.4, -0.2) is 32.4 Å². The number of hydrogen-bond acceptors (Lipinski definition) is 2. The molecule has 13 heavy (non-hydrogen) atoms. The third kappa shape index (κ3) is 42.8. The van der Waals surface area contributed by atoms with Gasteiger partial charge in [-0.15, -0.1) is 11.6 Å². The quantitative estimate of drug-likeness (QED) is 0.637. The molecule has 0 aliphatic rings. The van der Waals surface area contributed by atoms with Crippen molar-refractivity contribution < 1.29 is 9.13 Å². The molecule has 0 aromatic carbocycles. The van der Waals surface area contributed by atoms with Gasteiger partial charge < -0.3 is 4.57 Å². The van der Waals surface area contributed by atoms with Gasteiger partial charge in [-0.3, -0.25) is 9.65 Å². The van der Waals surface area contributed by atoms with Crippen molar-refractivity contribution in [3.63, 3.8) is 0 Å². The van der Waals surface area contributed by atoms with Gasteiger partial charge in [0.2, 0.25) is 5.85 Å². The molecule has 82 valence electrons. The van der Waals surface area contributed by atoms with Gasteiger partial charge in [0.05, 0.1) is 0 Å². The molecule has 0 radical (unpaired) electrons. The van der Waals surface area contributed by atoms with E-state index in [-0.39, 0.29) is 0 Å². The van der Waals surface area contributed by atoms with E-state index in [2.05, 4.69) is 5.09 Å². The van der Waals surface area contributed by atoms with Crippen LogP contribution in [0.4, 0.5) is 0 Å². The largest absolute Gasteiger partial charge is 0.307 e. The second kappa shape index (κ2) is 7.56. The monoisotopic (exact) mass is 287 g/mol. The lowest BCUT2D eigenvalue weighted by molar-refractivity contribution is 0.574. The zero-order chi connectivity index (χ0) is 11.1. The summed E-state index contributed by atoms with van der Waals surface area (Å²) in [6.07, 6.45) is 0. The SMILES string of the molecule is CP(=O)(Cl)Cl.CP(C)(=O)NCCCl. The normalized spacial score (nSPS) is 11.8.